The molecule has 0 unspecified atom stereocenters. The van der Waals surface area contributed by atoms with Gasteiger partial charge in [-0.2, -0.15) is 0 Å². The Bertz CT molecular complexity index is 972. The molecule has 0 aliphatic rings. The fraction of sp³-hybridized carbons (Fsp3) is 0.286. The molecule has 152 valence electrons. The lowest BCUT2D eigenvalue weighted by atomic mass is 10.1. The minimum Gasteiger partial charge on any atom is -0.496 e. The molecular weight excluding hydrogens is 388 g/mol. The molecule has 0 aliphatic carbocycles. The molecule has 1 heterocycles. The van der Waals surface area contributed by atoms with Crippen LogP contribution < -0.4 is 4.74 Å². The zero-order chi connectivity index (χ0) is 20.8. The van der Waals surface area contributed by atoms with E-state index in [9.17, 15) is 4.79 Å². The molecule has 3 aromatic rings. The summed E-state index contributed by atoms with van der Waals surface area (Å²) in [4.78, 5) is 16.9. The molecule has 0 N–H and O–H groups in total. The maximum Gasteiger partial charge on any atom is 0.246 e. The molecule has 0 saturated carbocycles. The average Bonchev–Trinajstić information content (AvgIpc) is 3.17. The Morgan fingerprint density at radius 1 is 1.10 bits per heavy atom. The molecule has 0 aliphatic heterocycles. The number of carbonyl (C=O) groups is 1. The lowest BCUT2D eigenvalue weighted by molar-refractivity contribution is -0.168. The van der Waals surface area contributed by atoms with Crippen LogP contribution in [0.2, 0.25) is 0 Å². The number of methoxy groups -OCH3 is 1. The van der Waals surface area contributed by atoms with Crippen molar-refractivity contribution in [1.82, 2.24) is 19.8 Å². The van der Waals surface area contributed by atoms with Crippen molar-refractivity contribution in [2.75, 3.05) is 27.0 Å². The molecule has 0 fully saturated rings. The van der Waals surface area contributed by atoms with Crippen molar-refractivity contribution in [3.05, 3.63) is 54.1 Å². The highest BCUT2D eigenvalue weighted by atomic mass is 32.2. The minimum absolute atomic E-state index is 0.0913. The molecule has 0 spiro atoms. The molecule has 1 amide bonds. The number of rotatable bonds is 8. The van der Waals surface area contributed by atoms with Crippen LogP contribution in [-0.2, 0) is 9.63 Å². The van der Waals surface area contributed by atoms with Crippen molar-refractivity contribution in [2.45, 2.75) is 18.5 Å². The minimum atomic E-state index is -0.0913. The molecule has 8 heteroatoms. The van der Waals surface area contributed by atoms with Gasteiger partial charge >= 0.3 is 0 Å². The van der Waals surface area contributed by atoms with Crippen molar-refractivity contribution in [1.29, 1.82) is 0 Å². The quantitative estimate of drug-likeness (QED) is 0.415. The summed E-state index contributed by atoms with van der Waals surface area (Å²) >= 11 is 1.48. The van der Waals surface area contributed by atoms with Gasteiger partial charge < -0.3 is 4.74 Å². The normalized spacial score (nSPS) is 10.8. The second-order valence-electron chi connectivity index (χ2n) is 6.35. The summed E-state index contributed by atoms with van der Waals surface area (Å²) < 4.78 is 7.51. The molecule has 7 nitrogen and oxygen atoms in total. The van der Waals surface area contributed by atoms with Crippen molar-refractivity contribution < 1.29 is 14.4 Å². The molecule has 1 aromatic heterocycles. The van der Waals surface area contributed by atoms with Gasteiger partial charge in [0.1, 0.15) is 5.75 Å². The van der Waals surface area contributed by atoms with Gasteiger partial charge in [-0.3, -0.25) is 14.2 Å². The largest absolute Gasteiger partial charge is 0.496 e. The highest BCUT2D eigenvalue weighted by molar-refractivity contribution is 7.99. The number of carbonyl (C=O) groups excluding carboxylic acids is 1. The van der Waals surface area contributed by atoms with E-state index in [1.807, 2.05) is 60.0 Å². The number of hydrogen-bond donors (Lipinski definition) is 0. The number of aryl methyl sites for hydroxylation is 1. The summed E-state index contributed by atoms with van der Waals surface area (Å²) in [7, 11) is 4.71. The van der Waals surface area contributed by atoms with Gasteiger partial charge in [0.15, 0.2) is 11.0 Å². The molecule has 0 bridgehead atoms. The van der Waals surface area contributed by atoms with Gasteiger partial charge in [-0.1, -0.05) is 41.6 Å². The fourth-order valence-corrected chi connectivity index (χ4v) is 3.66. The molecule has 0 saturated heterocycles. The molecule has 0 atom stereocenters. The van der Waals surface area contributed by atoms with Crippen LogP contribution in [0.25, 0.3) is 17.1 Å². The second kappa shape index (κ2) is 9.58. The Morgan fingerprint density at radius 3 is 2.52 bits per heavy atom. The van der Waals surface area contributed by atoms with Crippen LogP contribution in [0.3, 0.4) is 0 Å². The Kier molecular flexibility index (Phi) is 6.90. The number of ether oxygens (including phenoxy) is 1. The van der Waals surface area contributed by atoms with E-state index in [1.54, 1.807) is 14.2 Å². The van der Waals surface area contributed by atoms with Crippen LogP contribution in [-0.4, -0.2) is 52.8 Å². The molecule has 0 radical (unpaired) electrons. The standard InChI is InChI=1S/C21H24N4O3S/c1-15-9-11-16(12-10-15)25-20(17-7-5-6-8-18(17)27-3)22-23-21(25)29-14-13-19(26)24(2)28-4/h5-12H,13-14H2,1-4H3. The van der Waals surface area contributed by atoms with Crippen LogP contribution in [0.5, 0.6) is 5.75 Å². The molecular formula is C21H24N4O3S. The summed E-state index contributed by atoms with van der Waals surface area (Å²) in [6.45, 7) is 2.05. The van der Waals surface area contributed by atoms with Crippen LogP contribution in [0.15, 0.2) is 53.7 Å². The third kappa shape index (κ3) is 4.78. The zero-order valence-electron chi connectivity index (χ0n) is 17.0. The predicted molar refractivity (Wildman–Crippen MR) is 113 cm³/mol. The molecule has 29 heavy (non-hydrogen) atoms. The van der Waals surface area contributed by atoms with E-state index >= 15 is 0 Å². The van der Waals surface area contributed by atoms with Crippen LogP contribution in [0, 0.1) is 6.92 Å². The first-order valence-corrected chi connectivity index (χ1v) is 10.1. The molecule has 2 aromatic carbocycles. The summed E-state index contributed by atoms with van der Waals surface area (Å²) in [6, 6.07) is 15.9. The van der Waals surface area contributed by atoms with E-state index in [4.69, 9.17) is 9.57 Å². The van der Waals surface area contributed by atoms with Crippen molar-refractivity contribution in [3.63, 3.8) is 0 Å². The number of amides is 1. The van der Waals surface area contributed by atoms with Gasteiger partial charge in [0.2, 0.25) is 5.91 Å². The number of aromatic nitrogens is 3. The van der Waals surface area contributed by atoms with Gasteiger partial charge in [-0.05, 0) is 31.2 Å². The van der Waals surface area contributed by atoms with E-state index in [2.05, 4.69) is 10.2 Å². The lowest BCUT2D eigenvalue weighted by Crippen LogP contribution is -2.25. The van der Waals surface area contributed by atoms with Gasteiger partial charge in [0, 0.05) is 24.9 Å². The van der Waals surface area contributed by atoms with Crippen molar-refractivity contribution in [2.24, 2.45) is 0 Å². The van der Waals surface area contributed by atoms with E-state index < -0.39 is 0 Å². The second-order valence-corrected chi connectivity index (χ2v) is 7.41. The van der Waals surface area contributed by atoms with Crippen LogP contribution >= 0.6 is 11.8 Å². The monoisotopic (exact) mass is 412 g/mol. The Morgan fingerprint density at radius 2 is 1.83 bits per heavy atom. The van der Waals surface area contributed by atoms with Crippen molar-refractivity contribution in [3.8, 4) is 22.8 Å². The van der Waals surface area contributed by atoms with E-state index in [0.29, 0.717) is 23.2 Å². The average molecular weight is 413 g/mol. The highest BCUT2D eigenvalue weighted by Crippen LogP contribution is 2.33. The number of hydrogen-bond acceptors (Lipinski definition) is 6. The zero-order valence-corrected chi connectivity index (χ0v) is 17.8. The number of benzene rings is 2. The summed E-state index contributed by atoms with van der Waals surface area (Å²) in [5.41, 5.74) is 2.97. The highest BCUT2D eigenvalue weighted by Gasteiger charge is 2.19. The summed E-state index contributed by atoms with van der Waals surface area (Å²) in [5, 5.41) is 10.8. The van der Waals surface area contributed by atoms with E-state index in [-0.39, 0.29) is 5.91 Å². The maximum absolute atomic E-state index is 12.0. The predicted octanol–water partition coefficient (Wildman–Crippen LogP) is 3.75. The van der Waals surface area contributed by atoms with Crippen LogP contribution in [0.4, 0.5) is 0 Å². The fourth-order valence-electron chi connectivity index (χ4n) is 2.78. The molecule has 3 rings (SSSR count). The van der Waals surface area contributed by atoms with Gasteiger partial charge in [0.05, 0.1) is 19.8 Å². The topological polar surface area (TPSA) is 69.5 Å². The van der Waals surface area contributed by atoms with Crippen LogP contribution in [0.1, 0.15) is 12.0 Å². The van der Waals surface area contributed by atoms with Crippen molar-refractivity contribution >= 4 is 17.7 Å². The first-order chi connectivity index (χ1) is 14.0. The SMILES string of the molecule is COc1ccccc1-c1nnc(SCCC(=O)N(C)OC)n1-c1ccc(C)cc1. The van der Waals surface area contributed by atoms with Gasteiger partial charge in [-0.15, -0.1) is 10.2 Å². The van der Waals surface area contributed by atoms with Gasteiger partial charge in [-0.25, -0.2) is 5.06 Å². The number of para-hydroxylation sites is 1. The third-order valence-corrected chi connectivity index (χ3v) is 5.38. The number of nitrogens with zero attached hydrogens (tertiary/aromatic N) is 4. The summed E-state index contributed by atoms with van der Waals surface area (Å²) in [5.74, 6) is 1.88. The smallest absolute Gasteiger partial charge is 0.246 e. The van der Waals surface area contributed by atoms with E-state index in [1.165, 1.54) is 29.5 Å². The Labute approximate surface area is 174 Å². The van der Waals surface area contributed by atoms with E-state index in [0.717, 1.165) is 17.0 Å². The third-order valence-electron chi connectivity index (χ3n) is 4.45. The first-order valence-electron chi connectivity index (χ1n) is 9.14. The first kappa shape index (κ1) is 20.9. The number of hydroxylamine groups is 2. The maximum atomic E-state index is 12.0. The lowest BCUT2D eigenvalue weighted by Gasteiger charge is -2.14. The Balaban J connectivity index is 1.96. The number of thioether (sulfide) groups is 1. The van der Waals surface area contributed by atoms with Gasteiger partial charge in [0.25, 0.3) is 0 Å². The Hall–Kier alpha value is -2.84. The summed E-state index contributed by atoms with van der Waals surface area (Å²) in [6.07, 6.45) is 0.333.